The van der Waals surface area contributed by atoms with E-state index in [2.05, 4.69) is 15.0 Å². The van der Waals surface area contributed by atoms with Gasteiger partial charge >= 0.3 is 5.97 Å². The van der Waals surface area contributed by atoms with Crippen LogP contribution >= 0.6 is 0 Å². The van der Waals surface area contributed by atoms with Crippen molar-refractivity contribution in [3.8, 4) is 5.75 Å². The maximum Gasteiger partial charge on any atom is 0.308 e. The fourth-order valence-corrected chi connectivity index (χ4v) is 1.37. The zero-order valence-corrected chi connectivity index (χ0v) is 10.4. The molecule has 0 radical (unpaired) electrons. The quantitative estimate of drug-likeness (QED) is 0.751. The first-order chi connectivity index (χ1) is 8.17. The molecule has 0 aliphatic carbocycles. The van der Waals surface area contributed by atoms with E-state index in [1.165, 1.54) is 7.11 Å². The van der Waals surface area contributed by atoms with Crippen LogP contribution in [0.15, 0.2) is 12.1 Å². The van der Waals surface area contributed by atoms with Gasteiger partial charge in [-0.25, -0.2) is 0 Å². The Kier molecular flexibility index (Phi) is 5.42. The van der Waals surface area contributed by atoms with Crippen molar-refractivity contribution in [1.82, 2.24) is 10.3 Å². The first-order valence-electron chi connectivity index (χ1n) is 5.48. The topological polar surface area (TPSA) is 60.5 Å². The molecule has 5 heteroatoms. The summed E-state index contributed by atoms with van der Waals surface area (Å²) in [4.78, 5) is 15.3. The van der Waals surface area contributed by atoms with Crippen LogP contribution < -0.4 is 10.1 Å². The van der Waals surface area contributed by atoms with E-state index < -0.39 is 0 Å². The SMILES string of the molecule is CNCc1nc(C)ccc1OCCC(=O)OC. The maximum absolute atomic E-state index is 10.9. The zero-order valence-electron chi connectivity index (χ0n) is 10.4. The van der Waals surface area contributed by atoms with Crippen molar-refractivity contribution in [2.24, 2.45) is 0 Å². The molecule has 0 spiro atoms. The van der Waals surface area contributed by atoms with Gasteiger partial charge in [-0.15, -0.1) is 0 Å². The number of pyridine rings is 1. The normalized spacial score (nSPS) is 10.1. The van der Waals surface area contributed by atoms with Gasteiger partial charge in [-0.3, -0.25) is 9.78 Å². The summed E-state index contributed by atoms with van der Waals surface area (Å²) < 4.78 is 10.1. The molecule has 0 aliphatic heterocycles. The molecule has 17 heavy (non-hydrogen) atoms. The molecular weight excluding hydrogens is 220 g/mol. The molecule has 0 fully saturated rings. The van der Waals surface area contributed by atoms with Crippen LogP contribution in [0, 0.1) is 6.92 Å². The number of carbonyl (C=O) groups excluding carboxylic acids is 1. The van der Waals surface area contributed by atoms with E-state index in [4.69, 9.17) is 4.74 Å². The van der Waals surface area contributed by atoms with Gasteiger partial charge in [-0.05, 0) is 26.1 Å². The number of aromatic nitrogens is 1. The Balaban J connectivity index is 2.60. The minimum atomic E-state index is -0.278. The number of methoxy groups -OCH3 is 1. The first-order valence-corrected chi connectivity index (χ1v) is 5.48. The Morgan fingerprint density at radius 2 is 2.24 bits per heavy atom. The standard InChI is InChI=1S/C12H18N2O3/c1-9-4-5-11(10(14-9)8-13-2)17-7-6-12(15)16-3/h4-5,13H,6-8H2,1-3H3. The van der Waals surface area contributed by atoms with Gasteiger partial charge < -0.3 is 14.8 Å². The molecule has 0 atom stereocenters. The Hall–Kier alpha value is -1.62. The molecule has 0 amide bonds. The molecule has 0 unspecified atom stereocenters. The second kappa shape index (κ2) is 6.85. The molecule has 1 aromatic rings. The largest absolute Gasteiger partial charge is 0.491 e. The van der Waals surface area contributed by atoms with E-state index in [9.17, 15) is 4.79 Å². The zero-order chi connectivity index (χ0) is 12.7. The Morgan fingerprint density at radius 3 is 2.88 bits per heavy atom. The average molecular weight is 238 g/mol. The summed E-state index contributed by atoms with van der Waals surface area (Å²) in [7, 11) is 3.21. The number of nitrogens with zero attached hydrogens (tertiary/aromatic N) is 1. The third kappa shape index (κ3) is 4.40. The third-order valence-electron chi connectivity index (χ3n) is 2.21. The van der Waals surface area contributed by atoms with Crippen LogP contribution in [0.2, 0.25) is 0 Å². The molecule has 1 heterocycles. The van der Waals surface area contributed by atoms with Crippen LogP contribution in [0.5, 0.6) is 5.75 Å². The van der Waals surface area contributed by atoms with Crippen LogP contribution in [-0.2, 0) is 16.1 Å². The summed E-state index contributed by atoms with van der Waals surface area (Å²) in [6.45, 7) is 2.86. The summed E-state index contributed by atoms with van der Waals surface area (Å²) in [5.41, 5.74) is 1.79. The molecule has 1 rings (SSSR count). The first kappa shape index (κ1) is 13.4. The van der Waals surface area contributed by atoms with Crippen molar-refractivity contribution in [2.75, 3.05) is 20.8 Å². The summed E-state index contributed by atoms with van der Waals surface area (Å²) in [6.07, 6.45) is 0.239. The number of ether oxygens (including phenoxy) is 2. The van der Waals surface area contributed by atoms with Crippen LogP contribution in [0.1, 0.15) is 17.8 Å². The lowest BCUT2D eigenvalue weighted by atomic mass is 10.3. The van der Waals surface area contributed by atoms with E-state index in [0.717, 1.165) is 11.4 Å². The molecule has 0 aromatic carbocycles. The monoisotopic (exact) mass is 238 g/mol. The van der Waals surface area contributed by atoms with E-state index in [1.807, 2.05) is 26.1 Å². The van der Waals surface area contributed by atoms with Crippen LogP contribution in [-0.4, -0.2) is 31.7 Å². The second-order valence-corrected chi connectivity index (χ2v) is 3.60. The molecule has 0 aliphatic rings. The lowest BCUT2D eigenvalue weighted by molar-refractivity contribution is -0.141. The van der Waals surface area contributed by atoms with Crippen molar-refractivity contribution in [3.05, 3.63) is 23.5 Å². The minimum Gasteiger partial charge on any atom is -0.491 e. The number of nitrogens with one attached hydrogen (secondary N) is 1. The summed E-state index contributed by atoms with van der Waals surface area (Å²) in [5.74, 6) is 0.425. The molecule has 94 valence electrons. The van der Waals surface area contributed by atoms with Gasteiger partial charge in [0.05, 0.1) is 25.8 Å². The van der Waals surface area contributed by atoms with Gasteiger partial charge in [0.1, 0.15) is 5.75 Å². The van der Waals surface area contributed by atoms with Gasteiger partial charge in [0.25, 0.3) is 0 Å². The highest BCUT2D eigenvalue weighted by molar-refractivity contribution is 5.69. The number of esters is 1. The van der Waals surface area contributed by atoms with E-state index in [0.29, 0.717) is 18.9 Å². The Labute approximate surface area is 101 Å². The number of aryl methyl sites for hydroxylation is 1. The van der Waals surface area contributed by atoms with Crippen molar-refractivity contribution in [1.29, 1.82) is 0 Å². The van der Waals surface area contributed by atoms with Crippen molar-refractivity contribution >= 4 is 5.97 Å². The molecule has 1 N–H and O–H groups in total. The van der Waals surface area contributed by atoms with E-state index in [1.54, 1.807) is 0 Å². The molecule has 5 nitrogen and oxygen atoms in total. The highest BCUT2D eigenvalue weighted by Gasteiger charge is 2.06. The number of carbonyl (C=O) groups is 1. The van der Waals surface area contributed by atoms with Gasteiger partial charge in [0.2, 0.25) is 0 Å². The molecule has 0 saturated heterocycles. The van der Waals surface area contributed by atoms with Crippen molar-refractivity contribution < 1.29 is 14.3 Å². The highest BCUT2D eigenvalue weighted by Crippen LogP contribution is 2.16. The van der Waals surface area contributed by atoms with Crippen molar-refractivity contribution in [3.63, 3.8) is 0 Å². The smallest absolute Gasteiger partial charge is 0.308 e. The minimum absolute atomic E-state index is 0.239. The predicted molar refractivity (Wildman–Crippen MR) is 63.9 cm³/mol. The molecular formula is C12H18N2O3. The van der Waals surface area contributed by atoms with Gasteiger partial charge in [0.15, 0.2) is 0 Å². The maximum atomic E-state index is 10.9. The van der Waals surface area contributed by atoms with Crippen LogP contribution in [0.25, 0.3) is 0 Å². The molecule has 0 bridgehead atoms. The fraction of sp³-hybridized carbons (Fsp3) is 0.500. The van der Waals surface area contributed by atoms with Crippen molar-refractivity contribution in [2.45, 2.75) is 19.9 Å². The fourth-order valence-electron chi connectivity index (χ4n) is 1.37. The lowest BCUT2D eigenvalue weighted by Gasteiger charge is -2.10. The summed E-state index contributed by atoms with van der Waals surface area (Å²) in [5, 5.41) is 3.03. The lowest BCUT2D eigenvalue weighted by Crippen LogP contribution is -2.12. The van der Waals surface area contributed by atoms with Gasteiger partial charge in [-0.2, -0.15) is 0 Å². The Morgan fingerprint density at radius 1 is 1.47 bits per heavy atom. The van der Waals surface area contributed by atoms with Crippen LogP contribution in [0.3, 0.4) is 0 Å². The summed E-state index contributed by atoms with van der Waals surface area (Å²) in [6, 6.07) is 3.75. The second-order valence-electron chi connectivity index (χ2n) is 3.60. The third-order valence-corrected chi connectivity index (χ3v) is 2.21. The Bertz CT molecular complexity index is 380. The average Bonchev–Trinajstić information content (AvgIpc) is 2.32. The number of rotatable bonds is 6. The summed E-state index contributed by atoms with van der Waals surface area (Å²) >= 11 is 0. The number of hydrogen-bond donors (Lipinski definition) is 1. The van der Waals surface area contributed by atoms with Gasteiger partial charge in [0, 0.05) is 12.2 Å². The van der Waals surface area contributed by atoms with E-state index in [-0.39, 0.29) is 12.4 Å². The predicted octanol–water partition coefficient (Wildman–Crippen LogP) is 1.05. The van der Waals surface area contributed by atoms with Crippen LogP contribution in [0.4, 0.5) is 0 Å². The molecule has 0 saturated carbocycles. The number of hydrogen-bond acceptors (Lipinski definition) is 5. The van der Waals surface area contributed by atoms with Gasteiger partial charge in [-0.1, -0.05) is 0 Å². The highest BCUT2D eigenvalue weighted by atomic mass is 16.5. The molecule has 1 aromatic heterocycles. The van der Waals surface area contributed by atoms with E-state index >= 15 is 0 Å².